The molecule has 0 aliphatic rings. The highest BCUT2D eigenvalue weighted by Crippen LogP contribution is 2.34. The summed E-state index contributed by atoms with van der Waals surface area (Å²) in [6.07, 6.45) is 0.416. The van der Waals surface area contributed by atoms with E-state index in [1.54, 1.807) is 12.1 Å². The van der Waals surface area contributed by atoms with Crippen LogP contribution in [-0.4, -0.2) is 11.8 Å². The quantitative estimate of drug-likeness (QED) is 0.515. The van der Waals surface area contributed by atoms with Gasteiger partial charge in [0.15, 0.2) is 0 Å². The summed E-state index contributed by atoms with van der Waals surface area (Å²) in [5, 5.41) is 0.614. The van der Waals surface area contributed by atoms with E-state index in [-0.39, 0.29) is 17.6 Å². The molecule has 2 rings (SSSR count). The lowest BCUT2D eigenvalue weighted by molar-refractivity contribution is 0.512. The molecule has 0 saturated heterocycles. The third-order valence-corrected chi connectivity index (χ3v) is 5.24. The number of benzene rings is 2. The van der Waals surface area contributed by atoms with Crippen LogP contribution in [0.2, 0.25) is 5.02 Å². The van der Waals surface area contributed by atoms with Crippen molar-refractivity contribution < 1.29 is 4.39 Å². The third kappa shape index (κ3) is 3.92. The normalized spacial score (nSPS) is 11.7. The van der Waals surface area contributed by atoms with Crippen LogP contribution in [0.25, 0.3) is 0 Å². The van der Waals surface area contributed by atoms with Gasteiger partial charge < -0.3 is 0 Å². The van der Waals surface area contributed by atoms with Crippen molar-refractivity contribution >= 4 is 50.7 Å². The molecule has 0 saturated carbocycles. The standard InChI is InChI=1S/C16H13BrCl3F/c17-13-5-4-11(15(21)7-13)8-16(9-18,10-19)12-2-1-3-14(20)6-12/h1-7H,8-10H2. The van der Waals surface area contributed by atoms with Crippen LogP contribution in [0, 0.1) is 5.82 Å². The van der Waals surface area contributed by atoms with Gasteiger partial charge in [0.2, 0.25) is 0 Å². The van der Waals surface area contributed by atoms with Gasteiger partial charge in [0.1, 0.15) is 5.82 Å². The minimum atomic E-state index is -0.553. The van der Waals surface area contributed by atoms with Gasteiger partial charge >= 0.3 is 0 Å². The van der Waals surface area contributed by atoms with E-state index in [1.165, 1.54) is 6.07 Å². The summed E-state index contributed by atoms with van der Waals surface area (Å²) in [4.78, 5) is 0. The number of halogens is 5. The van der Waals surface area contributed by atoms with E-state index in [2.05, 4.69) is 15.9 Å². The first-order valence-electron chi connectivity index (χ1n) is 6.33. The monoisotopic (exact) mass is 408 g/mol. The molecule has 0 bridgehead atoms. The van der Waals surface area contributed by atoms with Crippen LogP contribution in [0.3, 0.4) is 0 Å². The average molecular weight is 411 g/mol. The first-order chi connectivity index (χ1) is 10.0. The second-order valence-corrected chi connectivity index (χ2v) is 6.86. The van der Waals surface area contributed by atoms with Gasteiger partial charge in [-0.3, -0.25) is 0 Å². The first-order valence-corrected chi connectivity index (χ1v) is 8.57. The Balaban J connectivity index is 2.43. The van der Waals surface area contributed by atoms with Gasteiger partial charge in [-0.2, -0.15) is 0 Å². The lowest BCUT2D eigenvalue weighted by atomic mass is 9.78. The molecule has 0 radical (unpaired) electrons. The molecule has 0 spiro atoms. The van der Waals surface area contributed by atoms with Crippen molar-refractivity contribution in [2.75, 3.05) is 11.8 Å². The van der Waals surface area contributed by atoms with Crippen LogP contribution in [0.5, 0.6) is 0 Å². The second kappa shape index (κ2) is 7.32. The fourth-order valence-electron chi connectivity index (χ4n) is 2.23. The topological polar surface area (TPSA) is 0 Å². The van der Waals surface area contributed by atoms with Crippen LogP contribution < -0.4 is 0 Å². The Labute approximate surface area is 147 Å². The van der Waals surface area contributed by atoms with Crippen molar-refractivity contribution in [2.45, 2.75) is 11.8 Å². The molecule has 5 heteroatoms. The van der Waals surface area contributed by atoms with Gasteiger partial charge in [0.25, 0.3) is 0 Å². The van der Waals surface area contributed by atoms with E-state index in [1.807, 2.05) is 24.3 Å². The van der Waals surface area contributed by atoms with Crippen LogP contribution in [0.4, 0.5) is 4.39 Å². The molecule has 0 nitrogen and oxygen atoms in total. The van der Waals surface area contributed by atoms with Crippen LogP contribution in [0.1, 0.15) is 11.1 Å². The fraction of sp³-hybridized carbons (Fsp3) is 0.250. The Morgan fingerprint density at radius 2 is 1.76 bits per heavy atom. The molecule has 0 fully saturated rings. The third-order valence-electron chi connectivity index (χ3n) is 3.49. The van der Waals surface area contributed by atoms with Gasteiger partial charge in [-0.05, 0) is 41.8 Å². The smallest absolute Gasteiger partial charge is 0.127 e. The minimum absolute atomic E-state index is 0.272. The van der Waals surface area contributed by atoms with Crippen molar-refractivity contribution in [1.82, 2.24) is 0 Å². The molecule has 0 unspecified atom stereocenters. The van der Waals surface area contributed by atoms with Gasteiger partial charge in [-0.25, -0.2) is 4.39 Å². The second-order valence-electron chi connectivity index (χ2n) is 4.97. The van der Waals surface area contributed by atoms with Crippen molar-refractivity contribution in [2.24, 2.45) is 0 Å². The summed E-state index contributed by atoms with van der Waals surface area (Å²) >= 11 is 21.7. The maximum Gasteiger partial charge on any atom is 0.127 e. The highest BCUT2D eigenvalue weighted by molar-refractivity contribution is 9.10. The Kier molecular flexibility index (Phi) is 5.96. The fourth-order valence-corrected chi connectivity index (χ4v) is 3.54. The van der Waals surface area contributed by atoms with E-state index in [9.17, 15) is 4.39 Å². The molecule has 0 N–H and O–H groups in total. The van der Waals surface area contributed by atoms with Crippen molar-refractivity contribution in [1.29, 1.82) is 0 Å². The number of hydrogen-bond acceptors (Lipinski definition) is 0. The lowest BCUT2D eigenvalue weighted by Gasteiger charge is -2.30. The maximum atomic E-state index is 14.1. The van der Waals surface area contributed by atoms with E-state index in [4.69, 9.17) is 34.8 Å². The van der Waals surface area contributed by atoms with Gasteiger partial charge in [-0.15, -0.1) is 23.2 Å². The van der Waals surface area contributed by atoms with Crippen molar-refractivity contribution in [3.63, 3.8) is 0 Å². The molecule has 0 amide bonds. The van der Waals surface area contributed by atoms with Crippen LogP contribution >= 0.6 is 50.7 Å². The van der Waals surface area contributed by atoms with Gasteiger partial charge in [0, 0.05) is 26.7 Å². The summed E-state index contributed by atoms with van der Waals surface area (Å²) < 4.78 is 14.8. The largest absolute Gasteiger partial charge is 0.207 e. The Morgan fingerprint density at radius 1 is 1.05 bits per heavy atom. The molecule has 0 atom stereocenters. The molecule has 21 heavy (non-hydrogen) atoms. The van der Waals surface area contributed by atoms with Crippen molar-refractivity contribution in [3.05, 3.63) is 68.9 Å². The molecule has 0 heterocycles. The average Bonchev–Trinajstić information content (AvgIpc) is 2.47. The zero-order valence-corrected chi connectivity index (χ0v) is 14.9. The minimum Gasteiger partial charge on any atom is -0.207 e. The van der Waals surface area contributed by atoms with E-state index in [0.717, 1.165) is 5.56 Å². The van der Waals surface area contributed by atoms with E-state index >= 15 is 0 Å². The highest BCUT2D eigenvalue weighted by Gasteiger charge is 2.32. The number of hydrogen-bond donors (Lipinski definition) is 0. The summed E-state index contributed by atoms with van der Waals surface area (Å²) in [7, 11) is 0. The predicted molar refractivity (Wildman–Crippen MR) is 92.4 cm³/mol. The molecule has 2 aromatic carbocycles. The Morgan fingerprint density at radius 3 is 2.33 bits per heavy atom. The summed E-state index contributed by atoms with van der Waals surface area (Å²) in [6.45, 7) is 0. The molecule has 0 aliphatic heterocycles. The molecule has 0 aliphatic carbocycles. The summed E-state index contributed by atoms with van der Waals surface area (Å²) in [6, 6.07) is 12.4. The van der Waals surface area contributed by atoms with E-state index < -0.39 is 5.41 Å². The van der Waals surface area contributed by atoms with Crippen LogP contribution in [0.15, 0.2) is 46.9 Å². The Hall–Kier alpha value is -0.280. The number of alkyl halides is 2. The first kappa shape index (κ1) is 17.1. The van der Waals surface area contributed by atoms with E-state index in [0.29, 0.717) is 21.5 Å². The predicted octanol–water partition coefficient (Wildman–Crippen LogP) is 6.20. The SMILES string of the molecule is Fc1cc(Br)ccc1CC(CCl)(CCl)c1cccc(Cl)c1. The molecule has 112 valence electrons. The van der Waals surface area contributed by atoms with Gasteiger partial charge in [-0.1, -0.05) is 45.7 Å². The highest BCUT2D eigenvalue weighted by atomic mass is 79.9. The molecule has 2 aromatic rings. The van der Waals surface area contributed by atoms with Crippen LogP contribution in [-0.2, 0) is 11.8 Å². The zero-order valence-electron chi connectivity index (χ0n) is 11.1. The maximum absolute atomic E-state index is 14.1. The van der Waals surface area contributed by atoms with Gasteiger partial charge in [0.05, 0.1) is 0 Å². The van der Waals surface area contributed by atoms with Crippen molar-refractivity contribution in [3.8, 4) is 0 Å². The number of rotatable bonds is 5. The molecular weight excluding hydrogens is 397 g/mol. The Bertz CT molecular complexity index is 627. The lowest BCUT2D eigenvalue weighted by Crippen LogP contribution is -2.33. The molecule has 0 aromatic heterocycles. The zero-order chi connectivity index (χ0) is 15.5. The molecular formula is C16H13BrCl3F. The summed E-state index contributed by atoms with van der Waals surface area (Å²) in [5.74, 6) is 0.296. The summed E-state index contributed by atoms with van der Waals surface area (Å²) in [5.41, 5.74) is 0.949.